The van der Waals surface area contributed by atoms with E-state index in [4.69, 9.17) is 10.5 Å². The monoisotopic (exact) mass is 525 g/mol. The summed E-state index contributed by atoms with van der Waals surface area (Å²) in [5.74, 6) is -2.34. The van der Waals surface area contributed by atoms with E-state index in [1.807, 2.05) is 0 Å². The van der Waals surface area contributed by atoms with Gasteiger partial charge in [-0.05, 0) is 48.0 Å². The summed E-state index contributed by atoms with van der Waals surface area (Å²) in [6.45, 7) is 1.57. The van der Waals surface area contributed by atoms with Crippen LogP contribution in [-0.4, -0.2) is 40.1 Å². The molecule has 0 bridgehead atoms. The first-order chi connectivity index (χ1) is 13.9. The Kier molecular flexibility index (Phi) is 6.98. The number of hydrogen-bond donors (Lipinski definition) is 2. The van der Waals surface area contributed by atoms with Crippen LogP contribution in [0.15, 0.2) is 40.1 Å². The van der Waals surface area contributed by atoms with Crippen LogP contribution in [0.1, 0.15) is 30.0 Å². The molecule has 3 N–H and O–H groups in total. The van der Waals surface area contributed by atoms with Gasteiger partial charge in [0.1, 0.15) is 17.2 Å². The van der Waals surface area contributed by atoms with Gasteiger partial charge in [0.2, 0.25) is 11.4 Å². The Morgan fingerprint density at radius 1 is 1.26 bits per heavy atom. The summed E-state index contributed by atoms with van der Waals surface area (Å²) >= 11 is 3.15. The number of nitrogens with one attached hydrogen (secondary N) is 1. The van der Waals surface area contributed by atoms with Crippen molar-refractivity contribution in [2.24, 2.45) is 10.7 Å². The number of anilines is 1. The van der Waals surface area contributed by atoms with E-state index in [0.29, 0.717) is 4.47 Å². The van der Waals surface area contributed by atoms with Crippen LogP contribution in [0, 0.1) is 5.82 Å². The maximum Gasteiger partial charge on any atom is 0.424 e. The van der Waals surface area contributed by atoms with Crippen molar-refractivity contribution >= 4 is 45.8 Å². The summed E-state index contributed by atoms with van der Waals surface area (Å²) in [4.78, 5) is 23.9. The molecule has 2 aromatic rings. The predicted molar refractivity (Wildman–Crippen MR) is 111 cm³/mol. The fourth-order valence-electron chi connectivity index (χ4n) is 2.76. The number of amides is 1. The van der Waals surface area contributed by atoms with E-state index in [1.165, 1.54) is 31.5 Å². The van der Waals surface area contributed by atoms with E-state index >= 15 is 0 Å². The molecule has 0 fully saturated rings. The smallest absolute Gasteiger partial charge is 0.385 e. The number of rotatable bonds is 3. The molecule has 2 atom stereocenters. The second kappa shape index (κ2) is 8.67. The van der Waals surface area contributed by atoms with Crippen LogP contribution in [-0.2, 0) is 10.3 Å². The number of carbonyl (C=O) groups is 1. The minimum atomic E-state index is -4.79. The van der Waals surface area contributed by atoms with Gasteiger partial charge >= 0.3 is 6.18 Å². The zero-order valence-electron chi connectivity index (χ0n) is 16.1. The maximum absolute atomic E-state index is 14.5. The molecule has 31 heavy (non-hydrogen) atoms. The topological polar surface area (TPSA) is 102 Å². The highest BCUT2D eigenvalue weighted by atomic mass is 79.9. The first-order valence-corrected chi connectivity index (χ1v) is 9.30. The highest BCUT2D eigenvalue weighted by Gasteiger charge is 2.59. The largest absolute Gasteiger partial charge is 0.424 e. The normalized spacial score (nSPS) is 23.5. The Hall–Kier alpha value is -2.31. The van der Waals surface area contributed by atoms with Crippen LogP contribution in [0.4, 0.5) is 23.2 Å². The predicted octanol–water partition coefficient (Wildman–Crippen LogP) is 3.98. The highest BCUT2D eigenvalue weighted by molar-refractivity contribution is 9.10. The van der Waals surface area contributed by atoms with Gasteiger partial charge in [0, 0.05) is 23.6 Å². The third kappa shape index (κ3) is 4.80. The quantitative estimate of drug-likeness (QED) is 0.589. The van der Waals surface area contributed by atoms with Crippen molar-refractivity contribution < 1.29 is 27.1 Å². The molecule has 1 amide bonds. The zero-order valence-corrected chi connectivity index (χ0v) is 18.5. The summed E-state index contributed by atoms with van der Waals surface area (Å²) in [6, 6.07) is 3.60. The van der Waals surface area contributed by atoms with Crippen molar-refractivity contribution in [3.05, 3.63) is 52.3 Å². The van der Waals surface area contributed by atoms with Crippen LogP contribution in [0.3, 0.4) is 0 Å². The lowest BCUT2D eigenvalue weighted by Crippen LogP contribution is -2.60. The number of nitrogens with zero attached hydrogens (tertiary/aromatic N) is 3. The van der Waals surface area contributed by atoms with Crippen molar-refractivity contribution in [1.82, 2.24) is 9.97 Å². The molecule has 0 spiro atoms. The number of ether oxygens (including phenoxy) is 1. The van der Waals surface area contributed by atoms with Gasteiger partial charge in [-0.15, -0.1) is 12.4 Å². The van der Waals surface area contributed by atoms with Crippen LogP contribution in [0.25, 0.3) is 0 Å². The van der Waals surface area contributed by atoms with Crippen LogP contribution in [0.2, 0.25) is 0 Å². The minimum Gasteiger partial charge on any atom is -0.385 e. The molecule has 168 valence electrons. The molecule has 0 aliphatic carbocycles. The second-order valence-electron chi connectivity index (χ2n) is 6.96. The molecule has 0 unspecified atom stereocenters. The number of halogens is 6. The summed E-state index contributed by atoms with van der Waals surface area (Å²) in [7, 11) is 0. The van der Waals surface area contributed by atoms with Gasteiger partial charge in [0.15, 0.2) is 0 Å². The van der Waals surface area contributed by atoms with Crippen LogP contribution >= 0.6 is 28.3 Å². The molecule has 13 heteroatoms. The van der Waals surface area contributed by atoms with Gasteiger partial charge in [0.05, 0.1) is 11.1 Å². The second-order valence-corrected chi connectivity index (χ2v) is 7.88. The number of alkyl halides is 3. The molecule has 3 rings (SSSR count). The van der Waals surface area contributed by atoms with Crippen molar-refractivity contribution in [3.63, 3.8) is 0 Å². The number of hydrogen-bond acceptors (Lipinski definition) is 6. The molecule has 0 saturated heterocycles. The SMILES string of the molecule is C[C@@]1(c2cc(NC(=O)c3ncc(Br)cn3)ccc2F)CO[C@@](C)(C(F)(F)F)C(N)=N1.Cl. The number of nitrogens with two attached hydrogens (primary N) is 1. The molecule has 1 aliphatic rings. The number of carbonyl (C=O) groups excluding carboxylic acids is 1. The zero-order chi connectivity index (χ0) is 22.3. The fraction of sp³-hybridized carbons (Fsp3) is 0.333. The first kappa shape index (κ1) is 25.0. The van der Waals surface area contributed by atoms with Gasteiger partial charge < -0.3 is 15.8 Å². The minimum absolute atomic E-state index is 0. The van der Waals surface area contributed by atoms with E-state index in [0.717, 1.165) is 13.0 Å². The lowest BCUT2D eigenvalue weighted by molar-refractivity contribution is -0.249. The number of amidine groups is 1. The van der Waals surface area contributed by atoms with Gasteiger partial charge in [-0.2, -0.15) is 13.2 Å². The lowest BCUT2D eigenvalue weighted by Gasteiger charge is -2.41. The molecular weight excluding hydrogens is 510 g/mol. The Morgan fingerprint density at radius 3 is 2.42 bits per heavy atom. The number of benzene rings is 1. The van der Waals surface area contributed by atoms with Gasteiger partial charge in [0.25, 0.3) is 5.91 Å². The van der Waals surface area contributed by atoms with Gasteiger partial charge in [-0.1, -0.05) is 0 Å². The van der Waals surface area contributed by atoms with E-state index in [1.54, 1.807) is 0 Å². The first-order valence-electron chi connectivity index (χ1n) is 8.51. The molecule has 1 aliphatic heterocycles. The van der Waals surface area contributed by atoms with E-state index < -0.39 is 41.5 Å². The molecule has 0 radical (unpaired) electrons. The lowest BCUT2D eigenvalue weighted by atomic mass is 9.89. The third-order valence-electron chi connectivity index (χ3n) is 4.67. The Bertz CT molecular complexity index is 1020. The summed E-state index contributed by atoms with van der Waals surface area (Å²) in [6.07, 6.45) is -2.03. The molecule has 1 aromatic carbocycles. The van der Waals surface area contributed by atoms with Crippen molar-refractivity contribution in [3.8, 4) is 0 Å². The summed E-state index contributed by atoms with van der Waals surface area (Å²) < 4.78 is 60.0. The number of aliphatic imine (C=N–C) groups is 1. The van der Waals surface area contributed by atoms with E-state index in [2.05, 4.69) is 36.2 Å². The standard InChI is InChI=1S/C18H16BrF4N5O2.ClH/c1-16(8-30-17(2,15(24)28-16)18(21,22)23)11-5-10(3-4-12(11)20)27-14(29)13-25-6-9(19)7-26-13;/h3-7H,8H2,1-2H3,(H2,24,28)(H,27,29);1H/t16-,17+;/m0./s1. The van der Waals surface area contributed by atoms with Crippen LogP contribution in [0.5, 0.6) is 0 Å². The molecular formula is C18H17BrClF4N5O2. The molecule has 7 nitrogen and oxygen atoms in total. The molecule has 1 aromatic heterocycles. The van der Waals surface area contributed by atoms with Gasteiger partial charge in [-0.25, -0.2) is 14.4 Å². The third-order valence-corrected chi connectivity index (χ3v) is 5.08. The Labute approximate surface area is 189 Å². The maximum atomic E-state index is 14.5. The summed E-state index contributed by atoms with van der Waals surface area (Å²) in [5.41, 5.74) is 1.33. The van der Waals surface area contributed by atoms with Crippen molar-refractivity contribution in [2.45, 2.75) is 31.2 Å². The van der Waals surface area contributed by atoms with Crippen molar-refractivity contribution in [1.29, 1.82) is 0 Å². The molecule has 0 saturated carbocycles. The Morgan fingerprint density at radius 2 is 1.87 bits per heavy atom. The Balaban J connectivity index is 0.00000341. The average Bonchev–Trinajstić information content (AvgIpc) is 2.66. The van der Waals surface area contributed by atoms with E-state index in [9.17, 15) is 22.4 Å². The van der Waals surface area contributed by atoms with Crippen molar-refractivity contribution in [2.75, 3.05) is 11.9 Å². The van der Waals surface area contributed by atoms with Gasteiger partial charge in [-0.3, -0.25) is 9.79 Å². The average molecular weight is 527 g/mol. The van der Waals surface area contributed by atoms with Crippen LogP contribution < -0.4 is 11.1 Å². The highest BCUT2D eigenvalue weighted by Crippen LogP contribution is 2.41. The molecule has 2 heterocycles. The number of aromatic nitrogens is 2. The van der Waals surface area contributed by atoms with E-state index in [-0.39, 0.29) is 29.5 Å². The fourth-order valence-corrected chi connectivity index (χ4v) is 2.97. The summed E-state index contributed by atoms with van der Waals surface area (Å²) in [5, 5.41) is 2.51.